The van der Waals surface area contributed by atoms with E-state index in [2.05, 4.69) is 26.6 Å². The number of carbonyl (C=O) groups is 1. The zero-order chi connectivity index (χ0) is 13.8. The summed E-state index contributed by atoms with van der Waals surface area (Å²) in [5.41, 5.74) is 0.986. The van der Waals surface area contributed by atoms with Crippen LogP contribution in [0.1, 0.15) is 12.0 Å². The summed E-state index contributed by atoms with van der Waals surface area (Å²) in [6, 6.07) is 5.37. The third-order valence-electron chi connectivity index (χ3n) is 3.11. The average Bonchev–Trinajstić information content (AvgIpc) is 2.83. The van der Waals surface area contributed by atoms with Crippen LogP contribution in [0.25, 0.3) is 0 Å². The molecule has 1 heterocycles. The highest BCUT2D eigenvalue weighted by atomic mass is 79.9. The van der Waals surface area contributed by atoms with Crippen molar-refractivity contribution in [3.05, 3.63) is 28.2 Å². The first-order valence-corrected chi connectivity index (χ1v) is 6.91. The summed E-state index contributed by atoms with van der Waals surface area (Å²) in [5, 5.41) is 15.2. The smallest absolute Gasteiger partial charge is 0.237 e. The minimum Gasteiger partial charge on any atom is -0.496 e. The number of rotatable bonds is 4. The fourth-order valence-electron chi connectivity index (χ4n) is 2.05. The number of nitrogens with one attached hydrogen (secondary N) is 2. The van der Waals surface area contributed by atoms with Gasteiger partial charge in [0.15, 0.2) is 0 Å². The Morgan fingerprint density at radius 2 is 2.35 bits per heavy atom. The van der Waals surface area contributed by atoms with E-state index in [1.165, 1.54) is 0 Å². The van der Waals surface area contributed by atoms with E-state index < -0.39 is 6.10 Å². The Morgan fingerprint density at radius 3 is 2.90 bits per heavy atom. The van der Waals surface area contributed by atoms with Crippen LogP contribution in [-0.2, 0) is 11.3 Å². The number of aliphatic hydroxyl groups is 1. The van der Waals surface area contributed by atoms with Crippen molar-refractivity contribution in [2.75, 3.05) is 13.7 Å². The largest absolute Gasteiger partial charge is 0.496 e. The van der Waals surface area contributed by atoms with E-state index in [0.717, 1.165) is 15.8 Å². The van der Waals surface area contributed by atoms with Gasteiger partial charge in [-0.25, -0.2) is 0 Å². The molecule has 1 aliphatic rings. The van der Waals surface area contributed by atoms with E-state index in [4.69, 9.17) is 4.74 Å². The monoisotopic (exact) mass is 364 g/mol. The van der Waals surface area contributed by atoms with Crippen LogP contribution in [-0.4, -0.2) is 36.8 Å². The van der Waals surface area contributed by atoms with Crippen molar-refractivity contribution in [1.82, 2.24) is 10.6 Å². The second kappa shape index (κ2) is 7.83. The quantitative estimate of drug-likeness (QED) is 0.750. The van der Waals surface area contributed by atoms with Crippen molar-refractivity contribution in [2.45, 2.75) is 25.1 Å². The molecule has 5 nitrogen and oxygen atoms in total. The number of ether oxygens (including phenoxy) is 1. The highest BCUT2D eigenvalue weighted by Gasteiger charge is 2.27. The highest BCUT2D eigenvalue weighted by Crippen LogP contribution is 2.25. The van der Waals surface area contributed by atoms with Gasteiger partial charge in [0.2, 0.25) is 5.91 Å². The number of aliphatic hydroxyl groups excluding tert-OH is 1. The van der Waals surface area contributed by atoms with Crippen LogP contribution < -0.4 is 15.4 Å². The maximum atomic E-state index is 11.9. The van der Waals surface area contributed by atoms with Crippen molar-refractivity contribution in [3.8, 4) is 5.75 Å². The van der Waals surface area contributed by atoms with Crippen LogP contribution in [0.2, 0.25) is 0 Å². The lowest BCUT2D eigenvalue weighted by Crippen LogP contribution is -2.39. The Bertz CT molecular complexity index is 473. The van der Waals surface area contributed by atoms with E-state index in [-0.39, 0.29) is 24.4 Å². The second-order valence-corrected chi connectivity index (χ2v) is 5.39. The van der Waals surface area contributed by atoms with Crippen LogP contribution in [0.3, 0.4) is 0 Å². The molecule has 1 aliphatic heterocycles. The number of halogens is 2. The molecule has 1 saturated heterocycles. The predicted octanol–water partition coefficient (Wildman–Crippen LogP) is 1.22. The van der Waals surface area contributed by atoms with Gasteiger partial charge >= 0.3 is 0 Å². The molecule has 112 valence electrons. The first kappa shape index (κ1) is 17.2. The molecule has 1 aromatic carbocycles. The number of β-amino-alcohol motifs (C(OH)–C–C–N with tert-alkyl or cyclic N) is 1. The molecular formula is C13H18BrClN2O3. The topological polar surface area (TPSA) is 70.6 Å². The molecule has 1 fully saturated rings. The zero-order valence-corrected chi connectivity index (χ0v) is 13.5. The van der Waals surface area contributed by atoms with Gasteiger partial charge in [-0.2, -0.15) is 0 Å². The number of amides is 1. The molecule has 0 spiro atoms. The van der Waals surface area contributed by atoms with Gasteiger partial charge in [0.1, 0.15) is 5.75 Å². The molecule has 2 rings (SSSR count). The van der Waals surface area contributed by atoms with Gasteiger partial charge in [-0.3, -0.25) is 4.79 Å². The van der Waals surface area contributed by atoms with E-state index in [1.54, 1.807) is 7.11 Å². The Balaban J connectivity index is 0.00000200. The average molecular weight is 366 g/mol. The van der Waals surface area contributed by atoms with Gasteiger partial charge < -0.3 is 20.5 Å². The zero-order valence-electron chi connectivity index (χ0n) is 11.1. The third kappa shape index (κ3) is 4.34. The molecule has 1 aromatic rings. The molecule has 3 N–H and O–H groups in total. The number of methoxy groups -OCH3 is 1. The van der Waals surface area contributed by atoms with E-state index in [0.29, 0.717) is 19.5 Å². The van der Waals surface area contributed by atoms with E-state index in [1.807, 2.05) is 18.2 Å². The van der Waals surface area contributed by atoms with Crippen LogP contribution in [0.5, 0.6) is 5.75 Å². The first-order valence-electron chi connectivity index (χ1n) is 6.11. The third-order valence-corrected chi connectivity index (χ3v) is 3.73. The van der Waals surface area contributed by atoms with Crippen LogP contribution in [0.15, 0.2) is 22.7 Å². The van der Waals surface area contributed by atoms with E-state index >= 15 is 0 Å². The lowest BCUT2D eigenvalue weighted by Gasteiger charge is -2.12. The summed E-state index contributed by atoms with van der Waals surface area (Å²) < 4.78 is 6.00. The van der Waals surface area contributed by atoms with Gasteiger partial charge in [0, 0.05) is 13.1 Å². The Hall–Kier alpha value is -0.820. The summed E-state index contributed by atoms with van der Waals surface area (Å²) in [7, 11) is 1.61. The summed E-state index contributed by atoms with van der Waals surface area (Å²) in [6.45, 7) is 0.932. The number of hydrogen-bond acceptors (Lipinski definition) is 4. The Labute approximate surface area is 132 Å². The molecule has 0 aliphatic carbocycles. The summed E-state index contributed by atoms with van der Waals surface area (Å²) >= 11 is 3.41. The summed E-state index contributed by atoms with van der Waals surface area (Å²) in [6.07, 6.45) is 0.0453. The van der Waals surface area contributed by atoms with Gasteiger partial charge in [-0.1, -0.05) is 6.07 Å². The van der Waals surface area contributed by atoms with Crippen LogP contribution >= 0.6 is 28.3 Å². The lowest BCUT2D eigenvalue weighted by molar-refractivity contribution is -0.123. The minimum absolute atomic E-state index is 0. The second-order valence-electron chi connectivity index (χ2n) is 4.54. The Morgan fingerprint density at radius 1 is 1.60 bits per heavy atom. The molecule has 20 heavy (non-hydrogen) atoms. The van der Waals surface area contributed by atoms with Gasteiger partial charge in [-0.05, 0) is 40.0 Å². The molecular weight excluding hydrogens is 348 g/mol. The fourth-order valence-corrected chi connectivity index (χ4v) is 2.64. The maximum absolute atomic E-state index is 11.9. The molecule has 0 radical (unpaired) electrons. The van der Waals surface area contributed by atoms with Crippen molar-refractivity contribution in [1.29, 1.82) is 0 Å². The molecule has 1 amide bonds. The lowest BCUT2D eigenvalue weighted by atomic mass is 10.1. The van der Waals surface area contributed by atoms with Crippen molar-refractivity contribution >= 4 is 34.2 Å². The van der Waals surface area contributed by atoms with Crippen LogP contribution in [0.4, 0.5) is 0 Å². The molecule has 2 unspecified atom stereocenters. The fraction of sp³-hybridized carbons (Fsp3) is 0.462. The standard InChI is InChI=1S/C13H17BrN2O3.ClH/c1-19-12-3-2-8(4-10(12)14)6-16-13(18)11-5-9(17)7-15-11;/h2-4,9,11,15,17H,5-7H2,1H3,(H,16,18);1H. The van der Waals surface area contributed by atoms with Gasteiger partial charge in [0.05, 0.1) is 23.7 Å². The highest BCUT2D eigenvalue weighted by molar-refractivity contribution is 9.10. The van der Waals surface area contributed by atoms with E-state index in [9.17, 15) is 9.90 Å². The first-order chi connectivity index (χ1) is 9.10. The summed E-state index contributed by atoms with van der Waals surface area (Å²) in [5.74, 6) is 0.680. The number of hydrogen-bond donors (Lipinski definition) is 3. The molecule has 0 aromatic heterocycles. The molecule has 0 saturated carbocycles. The van der Waals surface area contributed by atoms with Gasteiger partial charge in [0.25, 0.3) is 0 Å². The predicted molar refractivity (Wildman–Crippen MR) is 82.2 cm³/mol. The molecule has 0 bridgehead atoms. The van der Waals surface area contributed by atoms with Gasteiger partial charge in [-0.15, -0.1) is 12.4 Å². The normalized spacial score (nSPS) is 21.1. The van der Waals surface area contributed by atoms with Crippen molar-refractivity contribution < 1.29 is 14.6 Å². The Kier molecular flexibility index (Phi) is 6.75. The van der Waals surface area contributed by atoms with Crippen LogP contribution in [0, 0.1) is 0 Å². The SMILES string of the molecule is COc1ccc(CNC(=O)C2CC(O)CN2)cc1Br.Cl. The summed E-state index contributed by atoms with van der Waals surface area (Å²) in [4.78, 5) is 11.9. The molecule has 7 heteroatoms. The maximum Gasteiger partial charge on any atom is 0.237 e. The minimum atomic E-state index is -0.425. The van der Waals surface area contributed by atoms with Crippen molar-refractivity contribution in [2.24, 2.45) is 0 Å². The number of carbonyl (C=O) groups excluding carboxylic acids is 1. The number of benzene rings is 1. The molecule has 2 atom stereocenters. The van der Waals surface area contributed by atoms with Crippen molar-refractivity contribution in [3.63, 3.8) is 0 Å².